The molecule has 1 atom stereocenters. The quantitative estimate of drug-likeness (QED) is 0.755. The van der Waals surface area contributed by atoms with Crippen LogP contribution in [0.1, 0.15) is 24.2 Å². The third-order valence-electron chi connectivity index (χ3n) is 5.04. The van der Waals surface area contributed by atoms with Crippen molar-refractivity contribution >= 4 is 0 Å². The van der Waals surface area contributed by atoms with Crippen LogP contribution in [0.4, 0.5) is 0 Å². The molecule has 0 amide bonds. The van der Waals surface area contributed by atoms with Crippen LogP contribution >= 0.6 is 0 Å². The SMILES string of the molecule is Cn1cnnc1CC1(O)CCCN(Cc2ccc(-n3cccn3)cc2)C1. The van der Waals surface area contributed by atoms with Crippen LogP contribution in [0.5, 0.6) is 0 Å². The lowest BCUT2D eigenvalue weighted by atomic mass is 9.89. The third kappa shape index (κ3) is 3.68. The van der Waals surface area contributed by atoms with Crippen LogP contribution in [0.2, 0.25) is 0 Å². The maximum absolute atomic E-state index is 11.1. The molecule has 1 saturated heterocycles. The summed E-state index contributed by atoms with van der Waals surface area (Å²) < 4.78 is 3.73. The van der Waals surface area contributed by atoms with Crippen molar-refractivity contribution in [3.8, 4) is 5.69 Å². The van der Waals surface area contributed by atoms with E-state index < -0.39 is 5.60 Å². The first-order valence-electron chi connectivity index (χ1n) is 8.98. The molecular weight excluding hydrogens is 328 g/mol. The van der Waals surface area contributed by atoms with Gasteiger partial charge in [-0.2, -0.15) is 5.10 Å². The molecule has 0 spiro atoms. The van der Waals surface area contributed by atoms with Gasteiger partial charge in [-0.25, -0.2) is 4.68 Å². The van der Waals surface area contributed by atoms with Gasteiger partial charge in [0.05, 0.1) is 11.3 Å². The van der Waals surface area contributed by atoms with Gasteiger partial charge >= 0.3 is 0 Å². The summed E-state index contributed by atoms with van der Waals surface area (Å²) in [7, 11) is 1.92. The number of β-amino-alcohol motifs (C(OH)–C–C–N with tert-alkyl or cyclic N) is 1. The Morgan fingerprint density at radius 2 is 2.08 bits per heavy atom. The summed E-state index contributed by atoms with van der Waals surface area (Å²) in [6.07, 6.45) is 7.72. The van der Waals surface area contributed by atoms with Crippen molar-refractivity contribution in [3.63, 3.8) is 0 Å². The highest BCUT2D eigenvalue weighted by Gasteiger charge is 2.34. The second-order valence-corrected chi connectivity index (χ2v) is 7.19. The monoisotopic (exact) mass is 352 g/mol. The molecule has 0 bridgehead atoms. The summed E-state index contributed by atoms with van der Waals surface area (Å²) in [5.41, 5.74) is 1.55. The lowest BCUT2D eigenvalue weighted by Crippen LogP contribution is -2.49. The molecule has 4 rings (SSSR count). The van der Waals surface area contributed by atoms with Gasteiger partial charge in [-0.05, 0) is 43.1 Å². The number of hydrogen-bond donors (Lipinski definition) is 1. The minimum atomic E-state index is -0.742. The molecule has 3 heterocycles. The number of benzene rings is 1. The fraction of sp³-hybridized carbons (Fsp3) is 0.421. The number of nitrogens with zero attached hydrogens (tertiary/aromatic N) is 6. The van der Waals surface area contributed by atoms with Crippen molar-refractivity contribution in [2.75, 3.05) is 13.1 Å². The number of aromatic nitrogens is 5. The Morgan fingerprint density at radius 1 is 1.23 bits per heavy atom. The molecule has 2 aromatic heterocycles. The summed E-state index contributed by atoms with van der Waals surface area (Å²) in [5.74, 6) is 0.831. The van der Waals surface area contributed by atoms with Gasteiger partial charge in [-0.3, -0.25) is 4.90 Å². The van der Waals surface area contributed by atoms with E-state index in [0.717, 1.165) is 37.4 Å². The van der Waals surface area contributed by atoms with Gasteiger partial charge in [-0.1, -0.05) is 12.1 Å². The molecule has 0 aliphatic carbocycles. The molecule has 26 heavy (non-hydrogen) atoms. The smallest absolute Gasteiger partial charge is 0.135 e. The topological polar surface area (TPSA) is 72.0 Å². The highest BCUT2D eigenvalue weighted by Crippen LogP contribution is 2.26. The second kappa shape index (κ2) is 7.01. The lowest BCUT2D eigenvalue weighted by molar-refractivity contribution is -0.0344. The van der Waals surface area contributed by atoms with Gasteiger partial charge in [-0.15, -0.1) is 10.2 Å². The summed E-state index contributed by atoms with van der Waals surface area (Å²) >= 11 is 0. The number of piperidine rings is 1. The number of hydrogen-bond acceptors (Lipinski definition) is 5. The van der Waals surface area contributed by atoms with E-state index >= 15 is 0 Å². The Bertz CT molecular complexity index is 841. The molecule has 0 radical (unpaired) electrons. The third-order valence-corrected chi connectivity index (χ3v) is 5.04. The standard InChI is InChI=1S/C19H24N6O/c1-23-15-20-22-18(23)12-19(26)8-2-10-24(14-19)13-16-4-6-17(7-5-16)25-11-3-9-21-25/h3-7,9,11,15,26H,2,8,10,12-14H2,1H3. The average Bonchev–Trinajstić information content (AvgIpc) is 3.28. The maximum atomic E-state index is 11.1. The van der Waals surface area contributed by atoms with E-state index in [4.69, 9.17) is 0 Å². The predicted molar refractivity (Wildman–Crippen MR) is 97.7 cm³/mol. The molecule has 7 nitrogen and oxygen atoms in total. The van der Waals surface area contributed by atoms with Crippen LogP contribution in [0.3, 0.4) is 0 Å². The molecule has 1 N–H and O–H groups in total. The fourth-order valence-electron chi connectivity index (χ4n) is 3.68. The van der Waals surface area contributed by atoms with E-state index in [1.54, 1.807) is 12.5 Å². The summed E-state index contributed by atoms with van der Waals surface area (Å²) in [6, 6.07) is 10.3. The van der Waals surface area contributed by atoms with Crippen molar-refractivity contribution in [2.45, 2.75) is 31.4 Å². The normalized spacial score (nSPS) is 21.2. The Morgan fingerprint density at radius 3 is 2.77 bits per heavy atom. The first-order valence-corrected chi connectivity index (χ1v) is 8.98. The van der Waals surface area contributed by atoms with Crippen LogP contribution < -0.4 is 0 Å². The Labute approximate surface area is 152 Å². The largest absolute Gasteiger partial charge is 0.388 e. The van der Waals surface area contributed by atoms with E-state index in [9.17, 15) is 5.11 Å². The van der Waals surface area contributed by atoms with Crippen LogP contribution in [-0.2, 0) is 20.0 Å². The van der Waals surface area contributed by atoms with Crippen molar-refractivity contribution in [1.29, 1.82) is 0 Å². The molecule has 7 heteroatoms. The summed E-state index contributed by atoms with van der Waals surface area (Å²) in [4.78, 5) is 2.32. The molecule has 136 valence electrons. The summed E-state index contributed by atoms with van der Waals surface area (Å²) in [5, 5.41) is 23.3. The van der Waals surface area contributed by atoms with Crippen LogP contribution in [0, 0.1) is 0 Å². The number of aliphatic hydroxyl groups is 1. The number of rotatable bonds is 5. The zero-order valence-electron chi connectivity index (χ0n) is 15.0. The van der Waals surface area contributed by atoms with Crippen molar-refractivity contribution in [1.82, 2.24) is 29.4 Å². The van der Waals surface area contributed by atoms with E-state index in [1.807, 2.05) is 28.6 Å². The molecule has 1 aliphatic heterocycles. The zero-order chi connectivity index (χ0) is 18.0. The van der Waals surface area contributed by atoms with Crippen LogP contribution in [0.25, 0.3) is 5.69 Å². The van der Waals surface area contributed by atoms with Crippen molar-refractivity contribution in [3.05, 3.63) is 60.4 Å². The Kier molecular flexibility index (Phi) is 4.57. The van der Waals surface area contributed by atoms with Gasteiger partial charge in [0.15, 0.2) is 0 Å². The number of likely N-dealkylation sites (tertiary alicyclic amines) is 1. The Hall–Kier alpha value is -2.51. The van der Waals surface area contributed by atoms with Gasteiger partial charge in [0.1, 0.15) is 12.2 Å². The van der Waals surface area contributed by atoms with E-state index in [2.05, 4.69) is 44.5 Å². The van der Waals surface area contributed by atoms with Gasteiger partial charge < -0.3 is 9.67 Å². The molecule has 1 fully saturated rings. The first kappa shape index (κ1) is 16.9. The predicted octanol–water partition coefficient (Wildman–Crippen LogP) is 1.57. The summed E-state index contributed by atoms with van der Waals surface area (Å²) in [6.45, 7) is 2.49. The molecular formula is C19H24N6O. The van der Waals surface area contributed by atoms with Gasteiger partial charge in [0, 0.05) is 39.0 Å². The Balaban J connectivity index is 1.41. The first-order chi connectivity index (χ1) is 12.6. The minimum absolute atomic E-state index is 0.540. The maximum Gasteiger partial charge on any atom is 0.135 e. The van der Waals surface area contributed by atoms with Crippen LogP contribution in [-0.4, -0.2) is 53.2 Å². The number of aryl methyl sites for hydroxylation is 1. The zero-order valence-corrected chi connectivity index (χ0v) is 15.0. The molecule has 1 unspecified atom stereocenters. The van der Waals surface area contributed by atoms with E-state index in [-0.39, 0.29) is 0 Å². The van der Waals surface area contributed by atoms with Crippen molar-refractivity contribution in [2.24, 2.45) is 7.05 Å². The lowest BCUT2D eigenvalue weighted by Gasteiger charge is -2.39. The molecule has 0 saturated carbocycles. The highest BCUT2D eigenvalue weighted by atomic mass is 16.3. The van der Waals surface area contributed by atoms with E-state index in [0.29, 0.717) is 13.0 Å². The average molecular weight is 352 g/mol. The van der Waals surface area contributed by atoms with Crippen molar-refractivity contribution < 1.29 is 5.11 Å². The molecule has 1 aromatic carbocycles. The minimum Gasteiger partial charge on any atom is -0.388 e. The van der Waals surface area contributed by atoms with Gasteiger partial charge in [0.25, 0.3) is 0 Å². The van der Waals surface area contributed by atoms with E-state index in [1.165, 1.54) is 5.56 Å². The fourth-order valence-corrected chi connectivity index (χ4v) is 3.68. The molecule has 3 aromatic rings. The van der Waals surface area contributed by atoms with Crippen LogP contribution in [0.15, 0.2) is 49.1 Å². The van der Waals surface area contributed by atoms with Gasteiger partial charge in [0.2, 0.25) is 0 Å². The second-order valence-electron chi connectivity index (χ2n) is 7.19. The molecule has 1 aliphatic rings. The highest BCUT2D eigenvalue weighted by molar-refractivity contribution is 5.33.